The van der Waals surface area contributed by atoms with Crippen LogP contribution in [0.4, 0.5) is 0 Å². The van der Waals surface area contributed by atoms with Crippen molar-refractivity contribution in [3.8, 4) is 11.4 Å². The molecule has 0 spiro atoms. The van der Waals surface area contributed by atoms with Crippen LogP contribution in [0.2, 0.25) is 0 Å². The van der Waals surface area contributed by atoms with Gasteiger partial charge >= 0.3 is 0 Å². The SMILES string of the molecule is C[C@@H]1C[C@H](C)CN(CCCNC(=O)c2cc(-c3ccccn3)n[nH]2)C1. The van der Waals surface area contributed by atoms with E-state index in [0.717, 1.165) is 30.5 Å². The van der Waals surface area contributed by atoms with Gasteiger partial charge in [0.25, 0.3) is 5.91 Å². The van der Waals surface area contributed by atoms with Gasteiger partial charge in [0.05, 0.1) is 5.69 Å². The lowest BCUT2D eigenvalue weighted by atomic mass is 9.92. The van der Waals surface area contributed by atoms with Crippen LogP contribution in [0.3, 0.4) is 0 Å². The molecule has 0 saturated carbocycles. The quantitative estimate of drug-likeness (QED) is 0.792. The van der Waals surface area contributed by atoms with Crippen molar-refractivity contribution in [1.82, 2.24) is 25.4 Å². The van der Waals surface area contributed by atoms with E-state index in [1.807, 2.05) is 18.2 Å². The van der Waals surface area contributed by atoms with Crippen molar-refractivity contribution in [3.05, 3.63) is 36.2 Å². The van der Waals surface area contributed by atoms with Crippen LogP contribution >= 0.6 is 0 Å². The summed E-state index contributed by atoms with van der Waals surface area (Å²) in [5.41, 5.74) is 1.91. The monoisotopic (exact) mass is 341 g/mol. The number of carbonyl (C=O) groups excluding carboxylic acids is 1. The second kappa shape index (κ2) is 8.25. The summed E-state index contributed by atoms with van der Waals surface area (Å²) in [5, 5.41) is 9.93. The highest BCUT2D eigenvalue weighted by atomic mass is 16.1. The summed E-state index contributed by atoms with van der Waals surface area (Å²) in [5.74, 6) is 1.43. The largest absolute Gasteiger partial charge is 0.351 e. The molecule has 3 heterocycles. The molecule has 2 aromatic heterocycles. The second-order valence-corrected chi connectivity index (χ2v) is 7.20. The van der Waals surface area contributed by atoms with Gasteiger partial charge in [-0.05, 0) is 49.4 Å². The summed E-state index contributed by atoms with van der Waals surface area (Å²) in [4.78, 5) is 19.0. The number of piperidine rings is 1. The van der Waals surface area contributed by atoms with E-state index in [4.69, 9.17) is 0 Å². The minimum Gasteiger partial charge on any atom is -0.351 e. The van der Waals surface area contributed by atoms with Crippen molar-refractivity contribution in [2.24, 2.45) is 11.8 Å². The van der Waals surface area contributed by atoms with Crippen LogP contribution in [0.15, 0.2) is 30.5 Å². The zero-order chi connectivity index (χ0) is 17.6. The lowest BCUT2D eigenvalue weighted by Gasteiger charge is -2.34. The highest BCUT2D eigenvalue weighted by Crippen LogP contribution is 2.20. The molecule has 1 fully saturated rings. The van der Waals surface area contributed by atoms with Crippen molar-refractivity contribution in [1.29, 1.82) is 0 Å². The van der Waals surface area contributed by atoms with Gasteiger partial charge in [-0.2, -0.15) is 5.10 Å². The van der Waals surface area contributed by atoms with E-state index in [1.165, 1.54) is 19.5 Å². The Balaban J connectivity index is 1.43. The van der Waals surface area contributed by atoms with Gasteiger partial charge in [0.15, 0.2) is 0 Å². The van der Waals surface area contributed by atoms with Crippen LogP contribution in [0.25, 0.3) is 11.4 Å². The molecule has 1 aliphatic rings. The Morgan fingerprint density at radius 3 is 2.80 bits per heavy atom. The molecule has 2 aromatic rings. The summed E-state index contributed by atoms with van der Waals surface area (Å²) in [6.45, 7) is 8.70. The molecular formula is C19H27N5O. The number of hydrogen-bond acceptors (Lipinski definition) is 4. The summed E-state index contributed by atoms with van der Waals surface area (Å²) in [7, 11) is 0. The molecule has 25 heavy (non-hydrogen) atoms. The van der Waals surface area contributed by atoms with E-state index in [0.29, 0.717) is 17.9 Å². The fraction of sp³-hybridized carbons (Fsp3) is 0.526. The van der Waals surface area contributed by atoms with Crippen LogP contribution in [0, 0.1) is 11.8 Å². The first-order valence-electron chi connectivity index (χ1n) is 9.09. The van der Waals surface area contributed by atoms with Crippen molar-refractivity contribution >= 4 is 5.91 Å². The third kappa shape index (κ3) is 4.89. The molecule has 1 amide bonds. The number of likely N-dealkylation sites (tertiary alicyclic amines) is 1. The van der Waals surface area contributed by atoms with Crippen molar-refractivity contribution in [2.45, 2.75) is 26.7 Å². The van der Waals surface area contributed by atoms with E-state index in [9.17, 15) is 4.79 Å². The summed E-state index contributed by atoms with van der Waals surface area (Å²) >= 11 is 0. The van der Waals surface area contributed by atoms with E-state index in [2.05, 4.69) is 39.2 Å². The molecule has 3 rings (SSSR count). The molecule has 2 N–H and O–H groups in total. The number of pyridine rings is 1. The average molecular weight is 341 g/mol. The van der Waals surface area contributed by atoms with Crippen LogP contribution in [-0.4, -0.2) is 52.2 Å². The average Bonchev–Trinajstić information content (AvgIpc) is 3.09. The van der Waals surface area contributed by atoms with Gasteiger partial charge in [0.2, 0.25) is 0 Å². The number of carbonyl (C=O) groups is 1. The maximum atomic E-state index is 12.2. The van der Waals surface area contributed by atoms with Gasteiger partial charge in [0, 0.05) is 25.8 Å². The summed E-state index contributed by atoms with van der Waals surface area (Å²) in [6.07, 6.45) is 4.00. The number of aromatic nitrogens is 3. The van der Waals surface area contributed by atoms with E-state index in [1.54, 1.807) is 12.3 Å². The Hall–Kier alpha value is -2.21. The Bertz CT molecular complexity index is 674. The third-order valence-electron chi connectivity index (χ3n) is 4.63. The number of amides is 1. The van der Waals surface area contributed by atoms with Crippen LogP contribution in [0.1, 0.15) is 37.2 Å². The molecule has 134 valence electrons. The smallest absolute Gasteiger partial charge is 0.269 e. The number of aromatic amines is 1. The molecule has 0 bridgehead atoms. The topological polar surface area (TPSA) is 73.9 Å². The molecular weight excluding hydrogens is 314 g/mol. The normalized spacial score (nSPS) is 21.2. The first-order chi connectivity index (χ1) is 12.1. The first-order valence-corrected chi connectivity index (χ1v) is 9.09. The van der Waals surface area contributed by atoms with Crippen molar-refractivity contribution < 1.29 is 4.79 Å². The standard InChI is InChI=1S/C19H27N5O/c1-14-10-15(2)13-24(12-14)9-5-8-21-19(25)18-11-17(22-23-18)16-6-3-4-7-20-16/h3-4,6-7,11,14-15H,5,8-10,12-13H2,1-2H3,(H,21,25)(H,22,23)/t14-,15+. The molecule has 6 heteroatoms. The lowest BCUT2D eigenvalue weighted by molar-refractivity contribution is 0.0942. The Labute approximate surface area is 149 Å². The second-order valence-electron chi connectivity index (χ2n) is 7.20. The number of nitrogens with zero attached hydrogens (tertiary/aromatic N) is 3. The van der Waals surface area contributed by atoms with Gasteiger partial charge in [0.1, 0.15) is 11.4 Å². The van der Waals surface area contributed by atoms with E-state index >= 15 is 0 Å². The zero-order valence-corrected chi connectivity index (χ0v) is 15.0. The van der Waals surface area contributed by atoms with Gasteiger partial charge in [-0.1, -0.05) is 19.9 Å². The highest BCUT2D eigenvalue weighted by Gasteiger charge is 2.21. The number of H-pyrrole nitrogens is 1. The Morgan fingerprint density at radius 1 is 1.28 bits per heavy atom. The molecule has 0 aromatic carbocycles. The Morgan fingerprint density at radius 2 is 2.08 bits per heavy atom. The fourth-order valence-corrected chi connectivity index (χ4v) is 3.66. The molecule has 1 aliphatic heterocycles. The van der Waals surface area contributed by atoms with Crippen LogP contribution in [0.5, 0.6) is 0 Å². The predicted octanol–water partition coefficient (Wildman–Crippen LogP) is 2.57. The molecule has 6 nitrogen and oxygen atoms in total. The van der Waals surface area contributed by atoms with E-state index in [-0.39, 0.29) is 5.91 Å². The highest BCUT2D eigenvalue weighted by molar-refractivity contribution is 5.93. The summed E-state index contributed by atoms with van der Waals surface area (Å²) < 4.78 is 0. The van der Waals surface area contributed by atoms with Gasteiger partial charge < -0.3 is 10.2 Å². The number of rotatable bonds is 6. The van der Waals surface area contributed by atoms with Crippen molar-refractivity contribution in [3.63, 3.8) is 0 Å². The van der Waals surface area contributed by atoms with Gasteiger partial charge in [-0.3, -0.25) is 14.9 Å². The molecule has 0 radical (unpaired) electrons. The Kier molecular flexibility index (Phi) is 5.81. The van der Waals surface area contributed by atoms with Gasteiger partial charge in [-0.15, -0.1) is 0 Å². The molecule has 1 saturated heterocycles. The van der Waals surface area contributed by atoms with E-state index < -0.39 is 0 Å². The minimum atomic E-state index is -0.116. The molecule has 0 aliphatic carbocycles. The minimum absolute atomic E-state index is 0.116. The maximum Gasteiger partial charge on any atom is 0.269 e. The van der Waals surface area contributed by atoms with Crippen LogP contribution in [-0.2, 0) is 0 Å². The predicted molar refractivity (Wildman–Crippen MR) is 98.2 cm³/mol. The van der Waals surface area contributed by atoms with Gasteiger partial charge in [-0.25, -0.2) is 0 Å². The molecule has 0 unspecified atom stereocenters. The van der Waals surface area contributed by atoms with Crippen LogP contribution < -0.4 is 5.32 Å². The zero-order valence-electron chi connectivity index (χ0n) is 15.0. The first kappa shape index (κ1) is 17.6. The third-order valence-corrected chi connectivity index (χ3v) is 4.63. The molecule has 2 atom stereocenters. The number of nitrogens with one attached hydrogen (secondary N) is 2. The number of hydrogen-bond donors (Lipinski definition) is 2. The lowest BCUT2D eigenvalue weighted by Crippen LogP contribution is -2.40. The van der Waals surface area contributed by atoms with Crippen molar-refractivity contribution in [2.75, 3.05) is 26.2 Å². The summed E-state index contributed by atoms with van der Waals surface area (Å²) in [6, 6.07) is 7.37. The maximum absolute atomic E-state index is 12.2. The fourth-order valence-electron chi connectivity index (χ4n) is 3.66.